The zero-order valence-electron chi connectivity index (χ0n) is 16.5. The van der Waals surface area contributed by atoms with E-state index in [0.29, 0.717) is 28.8 Å². The maximum absolute atomic E-state index is 13.8. The van der Waals surface area contributed by atoms with Crippen molar-refractivity contribution in [3.8, 4) is 11.5 Å². The molecule has 2 aromatic rings. The number of methoxy groups -OCH3 is 2. The first-order chi connectivity index (χ1) is 12.9. The number of aliphatic hydroxyl groups excluding tert-OH is 1. The largest absolute Gasteiger partial charge is 0.493 e. The van der Waals surface area contributed by atoms with Crippen LogP contribution in [0.25, 0.3) is 0 Å². The van der Waals surface area contributed by atoms with Crippen molar-refractivity contribution in [3.05, 3.63) is 48.0 Å². The molecule has 2 unspecified atom stereocenters. The predicted octanol–water partition coefficient (Wildman–Crippen LogP) is 3.79. The van der Waals surface area contributed by atoms with Crippen LogP contribution in [0.3, 0.4) is 0 Å². The van der Waals surface area contributed by atoms with Gasteiger partial charge in [-0.2, -0.15) is 0 Å². The molecule has 0 radical (unpaired) electrons. The normalized spacial score (nSPS) is 14.3. The lowest BCUT2D eigenvalue weighted by Crippen LogP contribution is -2.16. The van der Waals surface area contributed by atoms with Crippen LogP contribution in [0, 0.1) is 0 Å². The Kier molecular flexibility index (Phi) is 7.31. The fourth-order valence-electron chi connectivity index (χ4n) is 2.68. The second-order valence-electron chi connectivity index (χ2n) is 6.33. The van der Waals surface area contributed by atoms with Crippen molar-refractivity contribution in [2.24, 2.45) is 0 Å². The number of rotatable bonds is 9. The summed E-state index contributed by atoms with van der Waals surface area (Å²) in [7, 11) is 3.35. The first-order valence-electron chi connectivity index (χ1n) is 8.79. The molecule has 0 bridgehead atoms. The van der Waals surface area contributed by atoms with Crippen LogP contribution in [0.5, 0.6) is 11.5 Å². The van der Waals surface area contributed by atoms with Gasteiger partial charge in [-0.05, 0) is 48.4 Å². The lowest BCUT2D eigenvalue weighted by molar-refractivity contribution is 0.213. The summed E-state index contributed by atoms with van der Waals surface area (Å²) in [5.41, 5.74) is 1.42. The minimum absolute atomic E-state index is 0.289. The molecule has 0 amide bonds. The summed E-state index contributed by atoms with van der Waals surface area (Å²) >= 11 is 0. The zero-order valence-corrected chi connectivity index (χ0v) is 17.4. The highest BCUT2D eigenvalue weighted by Crippen LogP contribution is 2.58. The Morgan fingerprint density at radius 2 is 1.67 bits per heavy atom. The molecular formula is C20H28NO5P. The molecule has 0 aliphatic carbocycles. The van der Waals surface area contributed by atoms with E-state index < -0.39 is 13.2 Å². The van der Waals surface area contributed by atoms with Gasteiger partial charge in [0.25, 0.3) is 7.37 Å². The molecule has 0 aliphatic heterocycles. The molecular weight excluding hydrogens is 365 g/mol. The van der Waals surface area contributed by atoms with Crippen LogP contribution in [0.4, 0.5) is 5.69 Å². The van der Waals surface area contributed by atoms with E-state index in [1.807, 2.05) is 38.1 Å². The molecule has 0 heterocycles. The standard InChI is InChI=1S/C20H28NO5P/c1-6-13-26-27(23,17-10-8-16(9-11-17)21(2)3)20(22)15-7-12-18(24-4)19(14-15)25-5/h7-12,14,20,22H,6,13H2,1-5H3. The maximum atomic E-state index is 13.8. The molecule has 0 fully saturated rings. The fraction of sp³-hybridized carbons (Fsp3) is 0.400. The molecule has 2 atom stereocenters. The van der Waals surface area contributed by atoms with Crippen molar-refractivity contribution in [3.63, 3.8) is 0 Å². The van der Waals surface area contributed by atoms with Crippen molar-refractivity contribution in [2.75, 3.05) is 39.8 Å². The number of hydrogen-bond acceptors (Lipinski definition) is 6. The number of benzene rings is 2. The third-order valence-corrected chi connectivity index (χ3v) is 6.77. The first kappa shape index (κ1) is 21.3. The lowest BCUT2D eigenvalue weighted by Gasteiger charge is -2.25. The van der Waals surface area contributed by atoms with Gasteiger partial charge in [0.15, 0.2) is 17.3 Å². The summed E-state index contributed by atoms with van der Waals surface area (Å²) in [6.07, 6.45) is 0.693. The van der Waals surface area contributed by atoms with Gasteiger partial charge in [-0.1, -0.05) is 13.0 Å². The van der Waals surface area contributed by atoms with E-state index in [2.05, 4.69) is 0 Å². The summed E-state index contributed by atoms with van der Waals surface area (Å²) in [4.78, 5) is 1.95. The van der Waals surface area contributed by atoms with Crippen LogP contribution in [0.15, 0.2) is 42.5 Å². The fourth-order valence-corrected chi connectivity index (χ4v) is 4.83. The Hall–Kier alpha value is -2.01. The van der Waals surface area contributed by atoms with Gasteiger partial charge in [0, 0.05) is 25.1 Å². The van der Waals surface area contributed by atoms with Gasteiger partial charge >= 0.3 is 0 Å². The highest BCUT2D eigenvalue weighted by Gasteiger charge is 2.36. The highest BCUT2D eigenvalue weighted by molar-refractivity contribution is 7.67. The van der Waals surface area contributed by atoms with Gasteiger partial charge in [-0.25, -0.2) is 0 Å². The molecule has 1 N–H and O–H groups in total. The molecule has 0 aliphatic rings. The van der Waals surface area contributed by atoms with E-state index in [4.69, 9.17) is 14.0 Å². The predicted molar refractivity (Wildman–Crippen MR) is 109 cm³/mol. The molecule has 0 aromatic heterocycles. The molecule has 2 aromatic carbocycles. The molecule has 0 saturated carbocycles. The summed E-state index contributed by atoms with van der Waals surface area (Å²) < 4.78 is 30.0. The Bertz CT molecular complexity index is 791. The van der Waals surface area contributed by atoms with Gasteiger partial charge in [-0.3, -0.25) is 4.57 Å². The summed E-state index contributed by atoms with van der Waals surface area (Å²) in [5.74, 6) is -0.318. The van der Waals surface area contributed by atoms with Gasteiger partial charge in [0.2, 0.25) is 0 Å². The number of nitrogens with zero attached hydrogens (tertiary/aromatic N) is 1. The van der Waals surface area contributed by atoms with Gasteiger partial charge in [0.1, 0.15) is 0 Å². The Morgan fingerprint density at radius 3 is 2.19 bits per heavy atom. The van der Waals surface area contributed by atoms with E-state index >= 15 is 0 Å². The van der Waals surface area contributed by atoms with Crippen LogP contribution >= 0.6 is 7.37 Å². The van der Waals surface area contributed by atoms with Crippen molar-refractivity contribution in [1.82, 2.24) is 0 Å². The Morgan fingerprint density at radius 1 is 1.04 bits per heavy atom. The van der Waals surface area contributed by atoms with Crippen molar-refractivity contribution in [1.29, 1.82) is 0 Å². The third kappa shape index (κ3) is 4.64. The van der Waals surface area contributed by atoms with E-state index in [1.54, 1.807) is 30.3 Å². The van der Waals surface area contributed by atoms with Crippen LogP contribution in [0.2, 0.25) is 0 Å². The molecule has 7 heteroatoms. The van der Waals surface area contributed by atoms with Crippen LogP contribution < -0.4 is 19.7 Å². The SMILES string of the molecule is CCCOP(=O)(c1ccc(N(C)C)cc1)C(O)c1ccc(OC)c(OC)c1. The minimum atomic E-state index is -3.56. The van der Waals surface area contributed by atoms with Crippen LogP contribution in [-0.4, -0.2) is 40.0 Å². The summed E-state index contributed by atoms with van der Waals surface area (Å²) in [6.45, 7) is 2.22. The van der Waals surface area contributed by atoms with Gasteiger partial charge < -0.3 is 24.0 Å². The second-order valence-corrected chi connectivity index (χ2v) is 8.79. The smallest absolute Gasteiger partial charge is 0.264 e. The summed E-state index contributed by atoms with van der Waals surface area (Å²) in [6, 6.07) is 12.2. The van der Waals surface area contributed by atoms with Crippen molar-refractivity contribution >= 4 is 18.4 Å². The lowest BCUT2D eigenvalue weighted by atomic mass is 10.2. The molecule has 27 heavy (non-hydrogen) atoms. The number of ether oxygens (including phenoxy) is 2. The third-order valence-electron chi connectivity index (χ3n) is 4.24. The highest BCUT2D eigenvalue weighted by atomic mass is 31.2. The topological polar surface area (TPSA) is 68.2 Å². The monoisotopic (exact) mass is 393 g/mol. The summed E-state index contributed by atoms with van der Waals surface area (Å²) in [5, 5.41) is 11.5. The molecule has 148 valence electrons. The minimum Gasteiger partial charge on any atom is -0.493 e. The van der Waals surface area contributed by atoms with Gasteiger partial charge in [-0.15, -0.1) is 0 Å². The number of aliphatic hydroxyl groups is 1. The van der Waals surface area contributed by atoms with Crippen molar-refractivity contribution < 1.29 is 23.7 Å². The molecule has 0 saturated heterocycles. The van der Waals surface area contributed by atoms with Crippen LogP contribution in [-0.2, 0) is 9.09 Å². The average Bonchev–Trinajstić information content (AvgIpc) is 2.70. The van der Waals surface area contributed by atoms with Crippen molar-refractivity contribution in [2.45, 2.75) is 19.2 Å². The quantitative estimate of drug-likeness (QED) is 0.654. The Balaban J connectivity index is 2.46. The van der Waals surface area contributed by atoms with E-state index in [0.717, 1.165) is 5.69 Å². The van der Waals surface area contributed by atoms with Gasteiger partial charge in [0.05, 0.1) is 20.8 Å². The average molecular weight is 393 g/mol. The van der Waals surface area contributed by atoms with E-state index in [9.17, 15) is 9.67 Å². The molecule has 6 nitrogen and oxygen atoms in total. The first-order valence-corrected chi connectivity index (χ1v) is 10.5. The number of anilines is 1. The second kappa shape index (κ2) is 9.27. The van der Waals surface area contributed by atoms with Crippen LogP contribution in [0.1, 0.15) is 24.8 Å². The zero-order chi connectivity index (χ0) is 20.0. The van der Waals surface area contributed by atoms with E-state index in [1.165, 1.54) is 14.2 Å². The molecule has 2 rings (SSSR count). The Labute approximate surface area is 161 Å². The maximum Gasteiger partial charge on any atom is 0.264 e. The molecule has 0 spiro atoms. The van der Waals surface area contributed by atoms with E-state index in [-0.39, 0.29) is 6.61 Å². The number of hydrogen-bond donors (Lipinski definition) is 1.